The molecule has 1 aromatic carbocycles. The maximum absolute atomic E-state index is 9.87. The van der Waals surface area contributed by atoms with Crippen LogP contribution in [0.4, 0.5) is 4.79 Å². The van der Waals surface area contributed by atoms with E-state index < -0.39 is 6.16 Å². The van der Waals surface area contributed by atoms with Crippen molar-refractivity contribution in [3.63, 3.8) is 0 Å². The van der Waals surface area contributed by atoms with E-state index in [9.17, 15) is 4.79 Å². The SMILES string of the molecule is O=C(O)OOc1ccc(Cl)cc1. The van der Waals surface area contributed by atoms with E-state index >= 15 is 0 Å². The lowest BCUT2D eigenvalue weighted by atomic mass is 10.3. The molecule has 1 aromatic rings. The Labute approximate surface area is 73.2 Å². The molecule has 0 aliphatic carbocycles. The molecule has 4 nitrogen and oxygen atoms in total. The molecular weight excluding hydrogens is 184 g/mol. The average Bonchev–Trinajstić information content (AvgIpc) is 2.03. The molecule has 0 aliphatic rings. The maximum atomic E-state index is 9.87. The Morgan fingerprint density at radius 1 is 1.33 bits per heavy atom. The normalized spacial score (nSPS) is 9.08. The average molecular weight is 189 g/mol. The van der Waals surface area contributed by atoms with Crippen LogP contribution in [0, 0.1) is 0 Å². The minimum absolute atomic E-state index is 0.279. The van der Waals surface area contributed by atoms with Gasteiger partial charge in [-0.3, -0.25) is 4.89 Å². The van der Waals surface area contributed by atoms with Crippen molar-refractivity contribution in [1.29, 1.82) is 0 Å². The third-order valence-electron chi connectivity index (χ3n) is 1.02. The molecule has 0 saturated carbocycles. The fourth-order valence-electron chi connectivity index (χ4n) is 0.574. The van der Waals surface area contributed by atoms with Crippen molar-refractivity contribution >= 4 is 17.8 Å². The van der Waals surface area contributed by atoms with Crippen LogP contribution in [0.5, 0.6) is 5.75 Å². The van der Waals surface area contributed by atoms with Crippen LogP contribution in [0.25, 0.3) is 0 Å². The number of hydrogen-bond acceptors (Lipinski definition) is 3. The Kier molecular flexibility index (Phi) is 2.76. The van der Waals surface area contributed by atoms with Crippen molar-refractivity contribution < 1.29 is 19.7 Å². The van der Waals surface area contributed by atoms with Crippen molar-refractivity contribution in [2.45, 2.75) is 0 Å². The van der Waals surface area contributed by atoms with Gasteiger partial charge < -0.3 is 5.11 Å². The first-order valence-corrected chi connectivity index (χ1v) is 3.39. The third kappa shape index (κ3) is 2.67. The number of hydrogen-bond donors (Lipinski definition) is 1. The zero-order valence-corrected chi connectivity index (χ0v) is 6.62. The minimum Gasteiger partial charge on any atom is -0.447 e. The Morgan fingerprint density at radius 2 is 1.92 bits per heavy atom. The third-order valence-corrected chi connectivity index (χ3v) is 1.27. The molecule has 5 heteroatoms. The van der Waals surface area contributed by atoms with E-state index in [4.69, 9.17) is 16.7 Å². The van der Waals surface area contributed by atoms with Gasteiger partial charge in [0.2, 0.25) is 0 Å². The van der Waals surface area contributed by atoms with Gasteiger partial charge in [-0.25, -0.2) is 9.68 Å². The van der Waals surface area contributed by atoms with E-state index in [0.29, 0.717) is 5.02 Å². The molecule has 0 bridgehead atoms. The first-order valence-electron chi connectivity index (χ1n) is 3.01. The number of carboxylic acid groups (broad SMARTS) is 1. The lowest BCUT2D eigenvalue weighted by Gasteiger charge is -1.99. The summed E-state index contributed by atoms with van der Waals surface area (Å²) < 4.78 is 0. The summed E-state index contributed by atoms with van der Waals surface area (Å²) in [6, 6.07) is 6.10. The van der Waals surface area contributed by atoms with Crippen LogP contribution < -0.4 is 4.89 Å². The molecule has 0 aromatic heterocycles. The van der Waals surface area contributed by atoms with Crippen molar-refractivity contribution in [2.75, 3.05) is 0 Å². The van der Waals surface area contributed by atoms with Gasteiger partial charge in [-0.05, 0) is 24.3 Å². The summed E-state index contributed by atoms with van der Waals surface area (Å²) in [5.74, 6) is 0.279. The molecule has 0 radical (unpaired) electrons. The second-order valence-electron chi connectivity index (χ2n) is 1.89. The van der Waals surface area contributed by atoms with Crippen molar-refractivity contribution in [2.24, 2.45) is 0 Å². The van der Waals surface area contributed by atoms with E-state index in [1.807, 2.05) is 0 Å². The standard InChI is InChI=1S/C7H5ClO4/c8-5-1-3-6(4-2-5)11-12-7(9)10/h1-4H,(H,9,10). The molecule has 0 aliphatic heterocycles. The van der Waals surface area contributed by atoms with Crippen molar-refractivity contribution in [3.05, 3.63) is 29.3 Å². The van der Waals surface area contributed by atoms with Gasteiger partial charge in [0.1, 0.15) is 0 Å². The number of benzene rings is 1. The molecule has 12 heavy (non-hydrogen) atoms. The zero-order chi connectivity index (χ0) is 8.97. The fraction of sp³-hybridized carbons (Fsp3) is 0. The number of carbonyl (C=O) groups is 1. The van der Waals surface area contributed by atoms with Gasteiger partial charge in [-0.15, -0.1) is 0 Å². The molecule has 0 heterocycles. The predicted molar refractivity (Wildman–Crippen MR) is 41.2 cm³/mol. The molecule has 0 fully saturated rings. The topological polar surface area (TPSA) is 55.8 Å². The van der Waals surface area contributed by atoms with Crippen LogP contribution in [-0.4, -0.2) is 11.3 Å². The van der Waals surface area contributed by atoms with E-state index in [2.05, 4.69) is 9.78 Å². The van der Waals surface area contributed by atoms with Crippen molar-refractivity contribution in [3.8, 4) is 5.75 Å². The van der Waals surface area contributed by atoms with Crippen LogP contribution >= 0.6 is 11.6 Å². The summed E-state index contributed by atoms with van der Waals surface area (Å²) in [7, 11) is 0. The predicted octanol–water partition coefficient (Wildman–Crippen LogP) is 2.33. The summed E-state index contributed by atoms with van der Waals surface area (Å²) in [5.41, 5.74) is 0. The van der Waals surface area contributed by atoms with Gasteiger partial charge in [-0.2, -0.15) is 0 Å². The number of halogens is 1. The smallest absolute Gasteiger partial charge is 0.447 e. The molecule has 1 rings (SSSR count). The quantitative estimate of drug-likeness (QED) is 0.572. The highest BCUT2D eigenvalue weighted by atomic mass is 35.5. The van der Waals surface area contributed by atoms with E-state index in [-0.39, 0.29) is 5.75 Å². The van der Waals surface area contributed by atoms with Crippen LogP contribution in [0.2, 0.25) is 5.02 Å². The Hall–Kier alpha value is -1.42. The first-order chi connectivity index (χ1) is 5.68. The molecular formula is C7H5ClO4. The van der Waals surface area contributed by atoms with E-state index in [0.717, 1.165) is 0 Å². The highest BCUT2D eigenvalue weighted by molar-refractivity contribution is 6.30. The van der Waals surface area contributed by atoms with Gasteiger partial charge in [0, 0.05) is 5.02 Å². The fourth-order valence-corrected chi connectivity index (χ4v) is 0.700. The van der Waals surface area contributed by atoms with Gasteiger partial charge in [0.05, 0.1) is 0 Å². The maximum Gasteiger partial charge on any atom is 0.547 e. The lowest BCUT2D eigenvalue weighted by molar-refractivity contribution is -0.161. The molecule has 0 atom stereocenters. The summed E-state index contributed by atoms with van der Waals surface area (Å²) in [5, 5.41) is 8.60. The van der Waals surface area contributed by atoms with Crippen LogP contribution in [0.15, 0.2) is 24.3 Å². The van der Waals surface area contributed by atoms with Gasteiger partial charge >= 0.3 is 6.16 Å². The highest BCUT2D eigenvalue weighted by Crippen LogP contribution is 2.15. The van der Waals surface area contributed by atoms with Crippen LogP contribution in [-0.2, 0) is 4.89 Å². The monoisotopic (exact) mass is 188 g/mol. The largest absolute Gasteiger partial charge is 0.547 e. The summed E-state index contributed by atoms with van der Waals surface area (Å²) >= 11 is 5.56. The van der Waals surface area contributed by atoms with E-state index in [1.54, 1.807) is 12.1 Å². The second-order valence-corrected chi connectivity index (χ2v) is 2.32. The Balaban J connectivity index is 2.53. The van der Waals surface area contributed by atoms with Gasteiger partial charge in [0.15, 0.2) is 5.75 Å². The second kappa shape index (κ2) is 3.82. The zero-order valence-electron chi connectivity index (χ0n) is 5.86. The number of rotatable bonds is 2. The molecule has 1 N–H and O–H groups in total. The molecule has 0 spiro atoms. The first kappa shape index (κ1) is 8.67. The van der Waals surface area contributed by atoms with Gasteiger partial charge in [0.25, 0.3) is 0 Å². The molecule has 0 unspecified atom stereocenters. The Morgan fingerprint density at radius 3 is 2.42 bits per heavy atom. The molecule has 64 valence electrons. The van der Waals surface area contributed by atoms with Crippen LogP contribution in [0.3, 0.4) is 0 Å². The summed E-state index contributed by atoms with van der Waals surface area (Å²) in [4.78, 5) is 18.1. The lowest BCUT2D eigenvalue weighted by Crippen LogP contribution is -2.03. The molecule has 0 amide bonds. The highest BCUT2D eigenvalue weighted by Gasteiger charge is 1.99. The van der Waals surface area contributed by atoms with Crippen molar-refractivity contribution in [1.82, 2.24) is 0 Å². The molecule has 0 saturated heterocycles. The summed E-state index contributed by atoms with van der Waals surface area (Å²) in [6.07, 6.45) is -1.50. The summed E-state index contributed by atoms with van der Waals surface area (Å²) in [6.45, 7) is 0. The minimum atomic E-state index is -1.50. The van der Waals surface area contributed by atoms with Crippen LogP contribution in [0.1, 0.15) is 0 Å². The Bertz CT molecular complexity index is 269. The van der Waals surface area contributed by atoms with Gasteiger partial charge in [-0.1, -0.05) is 11.6 Å². The van der Waals surface area contributed by atoms with E-state index in [1.165, 1.54) is 12.1 Å².